The smallest absolute Gasteiger partial charge is 0.287 e. The summed E-state index contributed by atoms with van der Waals surface area (Å²) in [6, 6.07) is 12.4. The number of fused-ring (bicyclic) bond motifs is 1. The molecule has 2 aromatic carbocycles. The van der Waals surface area contributed by atoms with Gasteiger partial charge in [-0.2, -0.15) is 0 Å². The van der Waals surface area contributed by atoms with Crippen LogP contribution in [-0.2, 0) is 0 Å². The Kier molecular flexibility index (Phi) is 7.29. The van der Waals surface area contributed by atoms with E-state index in [-0.39, 0.29) is 24.4 Å². The van der Waals surface area contributed by atoms with E-state index in [0.29, 0.717) is 12.3 Å². The van der Waals surface area contributed by atoms with Crippen molar-refractivity contribution in [2.45, 2.75) is 39.7 Å². The molecule has 1 fully saturated rings. The normalized spacial score (nSPS) is 15.0. The molecule has 1 unspecified atom stereocenters. The van der Waals surface area contributed by atoms with Crippen molar-refractivity contribution in [1.82, 2.24) is 10.2 Å². The number of carbonyl (C=O) groups excluding carboxylic acids is 1. The number of nitrogens with one attached hydrogen (secondary N) is 1. The van der Waals surface area contributed by atoms with Gasteiger partial charge in [0.2, 0.25) is 0 Å². The molecule has 1 aliphatic heterocycles. The number of rotatable bonds is 6. The van der Waals surface area contributed by atoms with Crippen LogP contribution in [0, 0.1) is 20.8 Å². The molecule has 1 saturated heterocycles. The lowest BCUT2D eigenvalue weighted by Crippen LogP contribution is -2.36. The highest BCUT2D eigenvalue weighted by Gasteiger charge is 2.26. The zero-order valence-electron chi connectivity index (χ0n) is 18.7. The fraction of sp³-hybridized carbons (Fsp3) is 0.400. The van der Waals surface area contributed by atoms with E-state index in [0.717, 1.165) is 46.5 Å². The summed E-state index contributed by atoms with van der Waals surface area (Å²) in [5, 5.41) is 4.17. The van der Waals surface area contributed by atoms with Crippen LogP contribution in [0.4, 0.5) is 0 Å². The summed E-state index contributed by atoms with van der Waals surface area (Å²) < 4.78 is 11.3. The van der Waals surface area contributed by atoms with Gasteiger partial charge in [0, 0.05) is 17.5 Å². The number of ether oxygens (including phenoxy) is 1. The van der Waals surface area contributed by atoms with E-state index >= 15 is 0 Å². The lowest BCUT2D eigenvalue weighted by atomic mass is 10.0. The summed E-state index contributed by atoms with van der Waals surface area (Å²) in [7, 11) is 1.67. The summed E-state index contributed by atoms with van der Waals surface area (Å²) in [4.78, 5) is 15.5. The van der Waals surface area contributed by atoms with Crippen LogP contribution >= 0.6 is 12.4 Å². The molecular formula is C25H31ClN2O3. The number of benzene rings is 2. The van der Waals surface area contributed by atoms with Gasteiger partial charge in [0.05, 0.1) is 13.2 Å². The van der Waals surface area contributed by atoms with Crippen LogP contribution in [0.3, 0.4) is 0 Å². The Balaban J connectivity index is 0.00000272. The Morgan fingerprint density at radius 2 is 1.81 bits per heavy atom. The van der Waals surface area contributed by atoms with Gasteiger partial charge < -0.3 is 14.5 Å². The Labute approximate surface area is 190 Å². The number of nitrogens with zero attached hydrogens (tertiary/aromatic N) is 1. The third-order valence-corrected chi connectivity index (χ3v) is 6.12. The van der Waals surface area contributed by atoms with Gasteiger partial charge in [-0.15, -0.1) is 12.4 Å². The van der Waals surface area contributed by atoms with E-state index < -0.39 is 0 Å². The van der Waals surface area contributed by atoms with Gasteiger partial charge in [0.1, 0.15) is 11.3 Å². The number of likely N-dealkylation sites (tertiary alicyclic amines) is 1. The molecule has 166 valence electrons. The molecule has 0 bridgehead atoms. The first-order valence-electron chi connectivity index (χ1n) is 10.6. The monoisotopic (exact) mass is 442 g/mol. The second-order valence-electron chi connectivity index (χ2n) is 8.25. The Hall–Kier alpha value is -2.50. The average Bonchev–Trinajstić information content (AvgIpc) is 3.37. The molecule has 1 amide bonds. The first-order valence-corrected chi connectivity index (χ1v) is 10.6. The first kappa shape index (κ1) is 23.2. The third-order valence-electron chi connectivity index (χ3n) is 6.12. The van der Waals surface area contributed by atoms with E-state index in [2.05, 4.69) is 35.3 Å². The fourth-order valence-electron chi connectivity index (χ4n) is 4.61. The standard InChI is InChI=1S/C25H30N2O3.ClH/c1-16-13-17(2)23-18(3)24(30-22(23)14-16)25(28)26-15-21(27-11-5-6-12-27)19-7-9-20(29-4)10-8-19;/h7-10,13-14,21H,5-6,11-12,15H2,1-4H3,(H,26,28);1H. The highest BCUT2D eigenvalue weighted by Crippen LogP contribution is 2.30. The van der Waals surface area contributed by atoms with E-state index in [9.17, 15) is 4.79 Å². The number of amides is 1. The molecule has 5 nitrogen and oxygen atoms in total. The molecule has 1 atom stereocenters. The maximum absolute atomic E-state index is 13.0. The van der Waals surface area contributed by atoms with Gasteiger partial charge in [-0.3, -0.25) is 9.69 Å². The van der Waals surface area contributed by atoms with Gasteiger partial charge in [0.15, 0.2) is 5.76 Å². The van der Waals surface area contributed by atoms with Crippen molar-refractivity contribution < 1.29 is 13.9 Å². The van der Waals surface area contributed by atoms with Gasteiger partial charge in [-0.25, -0.2) is 0 Å². The van der Waals surface area contributed by atoms with Crippen molar-refractivity contribution in [3.63, 3.8) is 0 Å². The van der Waals surface area contributed by atoms with Crippen LogP contribution in [0.15, 0.2) is 40.8 Å². The number of aryl methyl sites for hydroxylation is 3. The number of furan rings is 1. The number of methoxy groups -OCH3 is 1. The molecule has 2 heterocycles. The summed E-state index contributed by atoms with van der Waals surface area (Å²) in [6.45, 7) is 8.71. The topological polar surface area (TPSA) is 54.7 Å². The Morgan fingerprint density at radius 1 is 1.13 bits per heavy atom. The van der Waals surface area contributed by atoms with Crippen molar-refractivity contribution in [3.05, 3.63) is 64.4 Å². The number of hydrogen-bond donors (Lipinski definition) is 1. The lowest BCUT2D eigenvalue weighted by molar-refractivity contribution is 0.0911. The van der Waals surface area contributed by atoms with Gasteiger partial charge in [-0.05, 0) is 81.6 Å². The van der Waals surface area contributed by atoms with Crippen molar-refractivity contribution in [3.8, 4) is 5.75 Å². The van der Waals surface area contributed by atoms with Gasteiger partial charge in [0.25, 0.3) is 5.91 Å². The minimum atomic E-state index is -0.154. The summed E-state index contributed by atoms with van der Waals surface area (Å²) >= 11 is 0. The van der Waals surface area contributed by atoms with E-state index in [1.165, 1.54) is 18.4 Å². The molecule has 0 spiro atoms. The van der Waals surface area contributed by atoms with Gasteiger partial charge in [-0.1, -0.05) is 18.2 Å². The number of hydrogen-bond acceptors (Lipinski definition) is 4. The van der Waals surface area contributed by atoms with Crippen molar-refractivity contribution in [2.24, 2.45) is 0 Å². The van der Waals surface area contributed by atoms with Crippen LogP contribution in [0.25, 0.3) is 11.0 Å². The van der Waals surface area contributed by atoms with Crippen molar-refractivity contribution >= 4 is 29.3 Å². The minimum Gasteiger partial charge on any atom is -0.497 e. The van der Waals surface area contributed by atoms with E-state index in [4.69, 9.17) is 9.15 Å². The second kappa shape index (κ2) is 9.75. The summed E-state index contributed by atoms with van der Waals surface area (Å²) in [5.74, 6) is 1.10. The van der Waals surface area contributed by atoms with Gasteiger partial charge >= 0.3 is 0 Å². The Bertz CT molecular complexity index is 1050. The van der Waals surface area contributed by atoms with Crippen LogP contribution in [-0.4, -0.2) is 37.6 Å². The molecule has 0 aliphatic carbocycles. The van der Waals surface area contributed by atoms with E-state index in [1.807, 2.05) is 32.0 Å². The minimum absolute atomic E-state index is 0. The maximum Gasteiger partial charge on any atom is 0.287 e. The predicted octanol–water partition coefficient (Wildman–Crippen LogP) is 5.36. The van der Waals surface area contributed by atoms with Crippen LogP contribution < -0.4 is 10.1 Å². The average molecular weight is 443 g/mol. The second-order valence-corrected chi connectivity index (χ2v) is 8.25. The molecule has 1 N–H and O–H groups in total. The molecule has 0 radical (unpaired) electrons. The molecule has 6 heteroatoms. The molecular weight excluding hydrogens is 412 g/mol. The Morgan fingerprint density at radius 3 is 2.45 bits per heavy atom. The lowest BCUT2D eigenvalue weighted by Gasteiger charge is -2.28. The van der Waals surface area contributed by atoms with E-state index in [1.54, 1.807) is 7.11 Å². The molecule has 3 aromatic rings. The molecule has 1 aliphatic rings. The molecule has 4 rings (SSSR count). The highest BCUT2D eigenvalue weighted by atomic mass is 35.5. The summed E-state index contributed by atoms with van der Waals surface area (Å²) in [5.41, 5.74) is 5.14. The largest absolute Gasteiger partial charge is 0.497 e. The number of carbonyl (C=O) groups is 1. The highest BCUT2D eigenvalue weighted by molar-refractivity contribution is 6.00. The predicted molar refractivity (Wildman–Crippen MR) is 127 cm³/mol. The first-order chi connectivity index (χ1) is 14.5. The molecule has 1 aromatic heterocycles. The zero-order chi connectivity index (χ0) is 21.3. The van der Waals surface area contributed by atoms with Crippen LogP contribution in [0.1, 0.15) is 51.7 Å². The third kappa shape index (κ3) is 4.73. The zero-order valence-corrected chi connectivity index (χ0v) is 19.5. The van der Waals surface area contributed by atoms with Crippen LogP contribution in [0.5, 0.6) is 5.75 Å². The molecule has 0 saturated carbocycles. The number of halogens is 1. The maximum atomic E-state index is 13.0. The van der Waals surface area contributed by atoms with Crippen molar-refractivity contribution in [2.75, 3.05) is 26.7 Å². The van der Waals surface area contributed by atoms with Crippen molar-refractivity contribution in [1.29, 1.82) is 0 Å². The SMILES string of the molecule is COc1ccc(C(CNC(=O)c2oc3cc(C)cc(C)c3c2C)N2CCCC2)cc1.Cl. The quantitative estimate of drug-likeness (QED) is 0.558. The fourth-order valence-corrected chi connectivity index (χ4v) is 4.61. The van der Waals surface area contributed by atoms with Crippen LogP contribution in [0.2, 0.25) is 0 Å². The molecule has 31 heavy (non-hydrogen) atoms. The summed E-state index contributed by atoms with van der Waals surface area (Å²) in [6.07, 6.45) is 2.39.